The summed E-state index contributed by atoms with van der Waals surface area (Å²) in [5.74, 6) is 0. The van der Waals surface area contributed by atoms with Gasteiger partial charge in [0.15, 0.2) is 0 Å². The van der Waals surface area contributed by atoms with E-state index < -0.39 is 7.92 Å². The Bertz CT molecular complexity index is 1370. The van der Waals surface area contributed by atoms with Gasteiger partial charge in [-0.2, -0.15) is 18.2 Å². The smallest absolute Gasteiger partial charge is 0.168 e. The van der Waals surface area contributed by atoms with Crippen molar-refractivity contribution in [3.05, 3.63) is 139 Å². The topological polar surface area (TPSA) is 0 Å². The maximum atomic E-state index is 2.35. The molecule has 0 amide bonds. The van der Waals surface area contributed by atoms with E-state index >= 15 is 0 Å². The Morgan fingerprint density at radius 3 is 1.82 bits per heavy atom. The fourth-order valence-corrected chi connectivity index (χ4v) is 6.77. The van der Waals surface area contributed by atoms with Gasteiger partial charge >= 0.3 is 26.2 Å². The van der Waals surface area contributed by atoms with Crippen molar-refractivity contribution in [3.63, 3.8) is 0 Å². The molecular formula is C32H27PZr. The van der Waals surface area contributed by atoms with Crippen LogP contribution in [-0.4, -0.2) is 0 Å². The van der Waals surface area contributed by atoms with Crippen LogP contribution in [0.5, 0.6) is 0 Å². The van der Waals surface area contributed by atoms with E-state index in [0.717, 1.165) is 0 Å². The SMILES string of the molecule is Cc1ccc(C)c2[cH-]ccc12.[Zr+2].c1ccc(P(c2ccccc2)c2cc3ccccc3[cH-]2)cc1. The van der Waals surface area contributed by atoms with Crippen LogP contribution in [0.4, 0.5) is 0 Å². The van der Waals surface area contributed by atoms with Crippen molar-refractivity contribution in [2.45, 2.75) is 13.8 Å². The second-order valence-electron chi connectivity index (χ2n) is 8.40. The summed E-state index contributed by atoms with van der Waals surface area (Å²) >= 11 is 0. The third-order valence-electron chi connectivity index (χ3n) is 6.14. The summed E-state index contributed by atoms with van der Waals surface area (Å²) in [6.45, 7) is 4.31. The molecule has 0 fully saturated rings. The number of aryl methyl sites for hydroxylation is 2. The Balaban J connectivity index is 0.000000193. The summed E-state index contributed by atoms with van der Waals surface area (Å²) in [5, 5.41) is 9.68. The molecular weight excluding hydrogens is 507 g/mol. The fourth-order valence-electron chi connectivity index (χ4n) is 4.40. The molecule has 2 heteroatoms. The number of hydrogen-bond donors (Lipinski definition) is 0. The van der Waals surface area contributed by atoms with Crippen molar-refractivity contribution in [2.24, 2.45) is 0 Å². The van der Waals surface area contributed by atoms with E-state index in [-0.39, 0.29) is 26.2 Å². The van der Waals surface area contributed by atoms with Gasteiger partial charge in [0.25, 0.3) is 0 Å². The minimum absolute atomic E-state index is 0. The molecule has 6 aromatic carbocycles. The van der Waals surface area contributed by atoms with Crippen molar-refractivity contribution >= 4 is 45.4 Å². The molecule has 0 N–H and O–H groups in total. The Morgan fingerprint density at radius 2 is 1.21 bits per heavy atom. The molecule has 0 saturated heterocycles. The van der Waals surface area contributed by atoms with Crippen molar-refractivity contribution in [3.8, 4) is 0 Å². The van der Waals surface area contributed by atoms with Gasteiger partial charge in [0.1, 0.15) is 0 Å². The standard InChI is InChI=1S/C21H16P.C11H11.Zr/c1-3-11-19(12-4-1)22(20-13-5-2-6-14-20)21-15-17-9-7-8-10-18(17)16-21;1-8-6-7-9(2)11-5-3-4-10(8)11;/h1-16H;3-7H,1-2H3;/q2*-1;+2. The van der Waals surface area contributed by atoms with Gasteiger partial charge in [0, 0.05) is 0 Å². The van der Waals surface area contributed by atoms with Crippen LogP contribution in [0.1, 0.15) is 11.1 Å². The Morgan fingerprint density at radius 1 is 0.618 bits per heavy atom. The van der Waals surface area contributed by atoms with Gasteiger partial charge in [-0.05, 0) is 25.5 Å². The minimum Gasteiger partial charge on any atom is -0.168 e. The van der Waals surface area contributed by atoms with Crippen molar-refractivity contribution in [1.29, 1.82) is 0 Å². The van der Waals surface area contributed by atoms with Crippen LogP contribution < -0.4 is 15.9 Å². The first-order chi connectivity index (χ1) is 16.2. The Hall–Kier alpha value is -2.59. The summed E-state index contributed by atoms with van der Waals surface area (Å²) in [6, 6.07) is 45.8. The summed E-state index contributed by atoms with van der Waals surface area (Å²) in [7, 11) is -0.493. The molecule has 0 aromatic heterocycles. The van der Waals surface area contributed by atoms with E-state index in [2.05, 4.69) is 141 Å². The average molecular weight is 534 g/mol. The van der Waals surface area contributed by atoms with Crippen molar-refractivity contribution in [1.82, 2.24) is 0 Å². The van der Waals surface area contributed by atoms with Gasteiger partial charge in [-0.3, -0.25) is 0 Å². The first kappa shape index (κ1) is 24.5. The summed E-state index contributed by atoms with van der Waals surface area (Å²) in [4.78, 5) is 0. The molecule has 0 spiro atoms. The Labute approximate surface area is 222 Å². The first-order valence-corrected chi connectivity index (χ1v) is 12.7. The van der Waals surface area contributed by atoms with Crippen LogP contribution >= 0.6 is 7.92 Å². The van der Waals surface area contributed by atoms with Gasteiger partial charge in [0.05, 0.1) is 0 Å². The van der Waals surface area contributed by atoms with E-state index in [1.165, 1.54) is 48.6 Å². The second-order valence-corrected chi connectivity index (χ2v) is 10.6. The molecule has 6 aromatic rings. The second kappa shape index (κ2) is 11.2. The monoisotopic (exact) mass is 532 g/mol. The van der Waals surface area contributed by atoms with E-state index in [1.807, 2.05) is 0 Å². The molecule has 34 heavy (non-hydrogen) atoms. The van der Waals surface area contributed by atoms with Crippen LogP contribution in [0.2, 0.25) is 0 Å². The fraction of sp³-hybridized carbons (Fsp3) is 0.0625. The minimum atomic E-state index is -0.493. The van der Waals surface area contributed by atoms with Gasteiger partial charge in [-0.1, -0.05) is 85.3 Å². The third kappa shape index (κ3) is 5.23. The molecule has 0 atom stereocenters. The molecule has 164 valence electrons. The van der Waals surface area contributed by atoms with Gasteiger partial charge in [0.2, 0.25) is 0 Å². The number of fused-ring (bicyclic) bond motifs is 2. The molecule has 6 rings (SSSR count). The van der Waals surface area contributed by atoms with Crippen LogP contribution in [0.25, 0.3) is 21.5 Å². The Kier molecular flexibility index (Phi) is 8.10. The summed E-state index contributed by atoms with van der Waals surface area (Å²) < 4.78 is 0. The quantitative estimate of drug-likeness (QED) is 0.163. The van der Waals surface area contributed by atoms with Gasteiger partial charge in [-0.25, -0.2) is 0 Å². The molecule has 0 heterocycles. The zero-order chi connectivity index (χ0) is 22.6. The van der Waals surface area contributed by atoms with Crippen LogP contribution in [0, 0.1) is 13.8 Å². The summed E-state index contributed by atoms with van der Waals surface area (Å²) in [5.41, 5.74) is 2.74. The number of benzene rings is 4. The maximum absolute atomic E-state index is 2.35. The van der Waals surface area contributed by atoms with Crippen LogP contribution in [-0.2, 0) is 26.2 Å². The van der Waals surface area contributed by atoms with Gasteiger partial charge in [-0.15, -0.1) is 68.8 Å². The first-order valence-electron chi connectivity index (χ1n) is 11.4. The van der Waals surface area contributed by atoms with Crippen LogP contribution in [0.3, 0.4) is 0 Å². The average Bonchev–Trinajstić information content (AvgIpc) is 3.52. The molecule has 0 aliphatic heterocycles. The molecule has 0 unspecified atom stereocenters. The van der Waals surface area contributed by atoms with Crippen molar-refractivity contribution in [2.75, 3.05) is 0 Å². The van der Waals surface area contributed by atoms with E-state index in [9.17, 15) is 0 Å². The zero-order valence-electron chi connectivity index (χ0n) is 19.6. The molecule has 0 nitrogen and oxygen atoms in total. The third-order valence-corrected chi connectivity index (χ3v) is 8.54. The van der Waals surface area contributed by atoms with E-state index in [0.29, 0.717) is 0 Å². The molecule has 0 radical (unpaired) electrons. The zero-order valence-corrected chi connectivity index (χ0v) is 22.9. The van der Waals surface area contributed by atoms with Crippen LogP contribution in [0.15, 0.2) is 127 Å². The maximum Gasteiger partial charge on any atom is 2.00 e. The van der Waals surface area contributed by atoms with Crippen molar-refractivity contribution < 1.29 is 26.2 Å². The number of hydrogen-bond acceptors (Lipinski definition) is 0. The molecule has 0 saturated carbocycles. The number of rotatable bonds is 3. The molecule has 0 bridgehead atoms. The molecule has 0 aliphatic carbocycles. The van der Waals surface area contributed by atoms with E-state index in [4.69, 9.17) is 0 Å². The predicted molar refractivity (Wildman–Crippen MR) is 147 cm³/mol. The summed E-state index contributed by atoms with van der Waals surface area (Å²) in [6.07, 6.45) is 0. The predicted octanol–water partition coefficient (Wildman–Crippen LogP) is 7.49. The normalized spacial score (nSPS) is 10.7. The van der Waals surface area contributed by atoms with E-state index in [1.54, 1.807) is 0 Å². The van der Waals surface area contributed by atoms with Gasteiger partial charge < -0.3 is 0 Å². The largest absolute Gasteiger partial charge is 2.00 e. The molecule has 0 aliphatic rings.